The van der Waals surface area contributed by atoms with E-state index in [0.29, 0.717) is 12.2 Å². The van der Waals surface area contributed by atoms with Crippen LogP contribution in [-0.4, -0.2) is 38.6 Å². The molecule has 0 bridgehead atoms. The van der Waals surface area contributed by atoms with Gasteiger partial charge in [-0.1, -0.05) is 30.3 Å². The molecule has 4 rings (SSSR count). The summed E-state index contributed by atoms with van der Waals surface area (Å²) in [4.78, 5) is 27.9. The first kappa shape index (κ1) is 23.7. The zero-order valence-corrected chi connectivity index (χ0v) is 19.7. The third-order valence-corrected chi connectivity index (χ3v) is 6.60. The van der Waals surface area contributed by atoms with Crippen molar-refractivity contribution in [1.29, 1.82) is 0 Å². The van der Waals surface area contributed by atoms with Gasteiger partial charge >= 0.3 is 0 Å². The van der Waals surface area contributed by atoms with Gasteiger partial charge in [-0.05, 0) is 67.4 Å². The molecule has 0 spiro atoms. The van der Waals surface area contributed by atoms with Crippen molar-refractivity contribution < 1.29 is 18.7 Å². The Hall–Kier alpha value is -3.45. The molecule has 34 heavy (non-hydrogen) atoms. The topological polar surface area (TPSA) is 70.7 Å². The minimum absolute atomic E-state index is 0.0523. The Morgan fingerprint density at radius 1 is 1.21 bits per heavy atom. The fourth-order valence-corrected chi connectivity index (χ4v) is 4.50. The minimum atomic E-state index is -0.362. The van der Waals surface area contributed by atoms with E-state index in [-0.39, 0.29) is 42.7 Å². The van der Waals surface area contributed by atoms with E-state index in [1.54, 1.807) is 32.0 Å². The van der Waals surface area contributed by atoms with Crippen molar-refractivity contribution in [3.63, 3.8) is 0 Å². The zero-order valence-electron chi connectivity index (χ0n) is 19.7. The number of benzene rings is 3. The molecule has 2 amide bonds. The molecule has 0 radical (unpaired) electrons. The molecule has 7 heteroatoms. The maximum atomic E-state index is 13.9. The van der Waals surface area contributed by atoms with E-state index < -0.39 is 0 Å². The first-order valence-electron chi connectivity index (χ1n) is 11.5. The number of fused-ring (bicyclic) bond motifs is 2. The predicted octanol–water partition coefficient (Wildman–Crippen LogP) is 3.81. The van der Waals surface area contributed by atoms with Gasteiger partial charge in [0.15, 0.2) is 0 Å². The number of nitrogens with one attached hydrogen (secondary N) is 2. The van der Waals surface area contributed by atoms with E-state index in [2.05, 4.69) is 10.6 Å². The molecule has 0 saturated carbocycles. The number of halogens is 1. The average Bonchev–Trinajstić information content (AvgIpc) is 2.98. The van der Waals surface area contributed by atoms with Gasteiger partial charge in [-0.3, -0.25) is 9.59 Å². The van der Waals surface area contributed by atoms with Crippen LogP contribution < -0.4 is 20.3 Å². The number of para-hydroxylation sites is 1. The van der Waals surface area contributed by atoms with Gasteiger partial charge in [-0.25, -0.2) is 4.39 Å². The SMILES string of the molecule is CN[C@@H](C)C(=O)NC[C@H]1CCc2ccccc2N(Cc2c(OC)ccc3cc(F)ccc23)C1=O. The Bertz CT molecular complexity index is 1210. The number of aryl methyl sites for hydroxylation is 1. The molecule has 1 heterocycles. The van der Waals surface area contributed by atoms with Crippen LogP contribution in [0.25, 0.3) is 10.8 Å². The van der Waals surface area contributed by atoms with Crippen LogP contribution in [0.4, 0.5) is 10.1 Å². The van der Waals surface area contributed by atoms with Crippen LogP contribution in [0.2, 0.25) is 0 Å². The standard InChI is InChI=1S/C27H30FN3O3/c1-17(29-2)26(32)30-15-20-9-8-18-6-4-5-7-24(18)31(27(20)33)16-23-22-12-11-21(28)14-19(22)10-13-25(23)34-3/h4-7,10-14,17,20,29H,8-9,15-16H2,1-3H3,(H,30,32)/t17-,20+/m0/s1. The van der Waals surface area contributed by atoms with Crippen molar-refractivity contribution >= 4 is 28.3 Å². The largest absolute Gasteiger partial charge is 0.496 e. The predicted molar refractivity (Wildman–Crippen MR) is 131 cm³/mol. The summed E-state index contributed by atoms with van der Waals surface area (Å²) in [7, 11) is 3.32. The first-order chi connectivity index (χ1) is 16.4. The number of carbonyl (C=O) groups excluding carboxylic acids is 2. The third kappa shape index (κ3) is 4.75. The van der Waals surface area contributed by atoms with E-state index in [0.717, 1.165) is 34.0 Å². The summed E-state index contributed by atoms with van der Waals surface area (Å²) in [6.45, 7) is 2.33. The van der Waals surface area contributed by atoms with Crippen LogP contribution in [0.1, 0.15) is 24.5 Å². The second kappa shape index (κ2) is 10.2. The Balaban J connectivity index is 1.71. The van der Waals surface area contributed by atoms with Crippen LogP contribution in [0, 0.1) is 11.7 Å². The summed E-state index contributed by atoms with van der Waals surface area (Å²) in [6, 6.07) is 15.8. The van der Waals surface area contributed by atoms with Crippen LogP contribution in [0.15, 0.2) is 54.6 Å². The molecule has 0 unspecified atom stereocenters. The minimum Gasteiger partial charge on any atom is -0.496 e. The Kier molecular flexibility index (Phi) is 7.12. The van der Waals surface area contributed by atoms with Crippen molar-refractivity contribution in [2.75, 3.05) is 25.6 Å². The molecule has 1 aliphatic heterocycles. The summed E-state index contributed by atoms with van der Waals surface area (Å²) < 4.78 is 19.5. The van der Waals surface area contributed by atoms with Crippen molar-refractivity contribution in [3.8, 4) is 5.75 Å². The Morgan fingerprint density at radius 3 is 2.76 bits per heavy atom. The zero-order chi connectivity index (χ0) is 24.2. The summed E-state index contributed by atoms with van der Waals surface area (Å²) in [5.41, 5.74) is 2.75. The number of anilines is 1. The number of hydrogen-bond acceptors (Lipinski definition) is 4. The number of methoxy groups -OCH3 is 1. The number of nitrogens with zero attached hydrogens (tertiary/aromatic N) is 1. The molecule has 0 fully saturated rings. The van der Waals surface area contributed by atoms with E-state index in [1.807, 2.05) is 36.4 Å². The smallest absolute Gasteiger partial charge is 0.236 e. The molecule has 0 aromatic heterocycles. The highest BCUT2D eigenvalue weighted by Gasteiger charge is 2.31. The van der Waals surface area contributed by atoms with Crippen LogP contribution in [0.5, 0.6) is 5.75 Å². The summed E-state index contributed by atoms with van der Waals surface area (Å²) in [5, 5.41) is 7.42. The molecule has 2 atom stereocenters. The van der Waals surface area contributed by atoms with Crippen LogP contribution in [0.3, 0.4) is 0 Å². The highest BCUT2D eigenvalue weighted by Crippen LogP contribution is 2.35. The van der Waals surface area contributed by atoms with Gasteiger partial charge < -0.3 is 20.3 Å². The van der Waals surface area contributed by atoms with Crippen molar-refractivity contribution in [3.05, 3.63) is 71.5 Å². The Morgan fingerprint density at radius 2 is 2.00 bits per heavy atom. The normalized spacial score (nSPS) is 16.6. The summed E-state index contributed by atoms with van der Waals surface area (Å²) in [5.74, 6) is -0.226. The lowest BCUT2D eigenvalue weighted by Crippen LogP contribution is -2.45. The van der Waals surface area contributed by atoms with Crippen LogP contribution in [-0.2, 0) is 22.6 Å². The number of carbonyl (C=O) groups is 2. The van der Waals surface area contributed by atoms with Crippen LogP contribution >= 0.6 is 0 Å². The quantitative estimate of drug-likeness (QED) is 0.559. The van der Waals surface area contributed by atoms with E-state index in [1.165, 1.54) is 12.1 Å². The number of amides is 2. The van der Waals surface area contributed by atoms with E-state index in [9.17, 15) is 14.0 Å². The molecular formula is C27H30FN3O3. The lowest BCUT2D eigenvalue weighted by atomic mass is 10.00. The molecule has 1 aliphatic rings. The molecule has 3 aromatic carbocycles. The molecule has 178 valence electrons. The number of hydrogen-bond donors (Lipinski definition) is 2. The van der Waals surface area contributed by atoms with Crippen molar-refractivity contribution in [2.24, 2.45) is 5.92 Å². The molecular weight excluding hydrogens is 433 g/mol. The molecule has 6 nitrogen and oxygen atoms in total. The highest BCUT2D eigenvalue weighted by molar-refractivity contribution is 5.98. The first-order valence-corrected chi connectivity index (χ1v) is 11.5. The Labute approximate surface area is 199 Å². The molecule has 2 N–H and O–H groups in total. The summed E-state index contributed by atoms with van der Waals surface area (Å²) in [6.07, 6.45) is 1.37. The van der Waals surface area contributed by atoms with Gasteiger partial charge in [0.05, 0.1) is 25.6 Å². The maximum Gasteiger partial charge on any atom is 0.236 e. The fraction of sp³-hybridized carbons (Fsp3) is 0.333. The molecule has 3 aromatic rings. The second-order valence-electron chi connectivity index (χ2n) is 8.66. The summed E-state index contributed by atoms with van der Waals surface area (Å²) >= 11 is 0. The average molecular weight is 464 g/mol. The van der Waals surface area contributed by atoms with Gasteiger partial charge in [-0.15, -0.1) is 0 Å². The van der Waals surface area contributed by atoms with Gasteiger partial charge in [0.2, 0.25) is 11.8 Å². The van der Waals surface area contributed by atoms with Gasteiger partial charge in [0, 0.05) is 17.8 Å². The van der Waals surface area contributed by atoms with E-state index >= 15 is 0 Å². The van der Waals surface area contributed by atoms with E-state index in [4.69, 9.17) is 4.74 Å². The monoisotopic (exact) mass is 463 g/mol. The van der Waals surface area contributed by atoms with Gasteiger partial charge in [0.1, 0.15) is 11.6 Å². The fourth-order valence-electron chi connectivity index (χ4n) is 4.50. The lowest BCUT2D eigenvalue weighted by Gasteiger charge is -2.27. The molecule has 0 aliphatic carbocycles. The van der Waals surface area contributed by atoms with Crippen molar-refractivity contribution in [2.45, 2.75) is 32.4 Å². The molecule has 0 saturated heterocycles. The van der Waals surface area contributed by atoms with Gasteiger partial charge in [0.25, 0.3) is 0 Å². The number of ether oxygens (including phenoxy) is 1. The lowest BCUT2D eigenvalue weighted by molar-refractivity contribution is -0.124. The van der Waals surface area contributed by atoms with Gasteiger partial charge in [-0.2, -0.15) is 0 Å². The number of likely N-dealkylation sites (N-methyl/N-ethyl adjacent to an activating group) is 1. The highest BCUT2D eigenvalue weighted by atomic mass is 19.1. The third-order valence-electron chi connectivity index (χ3n) is 6.60. The number of rotatable bonds is 7. The van der Waals surface area contributed by atoms with Crippen molar-refractivity contribution in [1.82, 2.24) is 10.6 Å². The maximum absolute atomic E-state index is 13.9. The second-order valence-corrected chi connectivity index (χ2v) is 8.66.